The third-order valence-electron chi connectivity index (χ3n) is 3.04. The summed E-state index contributed by atoms with van der Waals surface area (Å²) in [6, 6.07) is -0.450. The average molecular weight is 302 g/mol. The fourth-order valence-corrected chi connectivity index (χ4v) is 2.52. The number of carbonyl (C=O) groups is 2. The number of alkyl carbamates (subject to hydrolysis) is 1. The minimum atomic E-state index is -0.545. The van der Waals surface area contributed by atoms with E-state index in [0.717, 1.165) is 31.7 Å². The van der Waals surface area contributed by atoms with Gasteiger partial charge in [-0.3, -0.25) is 4.79 Å². The van der Waals surface area contributed by atoms with Crippen LogP contribution in [0.3, 0.4) is 0 Å². The molecule has 0 saturated carbocycles. The van der Waals surface area contributed by atoms with E-state index in [9.17, 15) is 9.59 Å². The Morgan fingerprint density at radius 3 is 2.75 bits per heavy atom. The average Bonchev–Trinajstić information content (AvgIpc) is 2.48. The van der Waals surface area contributed by atoms with Crippen LogP contribution in [0.15, 0.2) is 0 Å². The molecule has 0 spiro atoms. The number of nitrogens with one attached hydrogen (secondary N) is 1. The van der Waals surface area contributed by atoms with Crippen LogP contribution in [0.4, 0.5) is 4.79 Å². The summed E-state index contributed by atoms with van der Waals surface area (Å²) in [5, 5.41) is 2.71. The number of carbonyl (C=O) groups excluding carboxylic acids is 2. The number of nitrogens with zero attached hydrogens (tertiary/aromatic N) is 1. The van der Waals surface area contributed by atoms with Gasteiger partial charge in [0.25, 0.3) is 0 Å². The first-order valence-electron chi connectivity index (χ1n) is 7.11. The van der Waals surface area contributed by atoms with E-state index in [4.69, 9.17) is 4.74 Å². The molecule has 6 heteroatoms. The van der Waals surface area contributed by atoms with Crippen LogP contribution < -0.4 is 5.32 Å². The van der Waals surface area contributed by atoms with E-state index in [1.807, 2.05) is 31.9 Å². The zero-order valence-electron chi connectivity index (χ0n) is 12.9. The molecule has 1 heterocycles. The van der Waals surface area contributed by atoms with Crippen molar-refractivity contribution < 1.29 is 14.3 Å². The van der Waals surface area contributed by atoms with Gasteiger partial charge in [-0.15, -0.1) is 0 Å². The van der Waals surface area contributed by atoms with Crippen molar-refractivity contribution in [2.24, 2.45) is 0 Å². The summed E-state index contributed by atoms with van der Waals surface area (Å²) in [5.41, 5.74) is -0.545. The van der Waals surface area contributed by atoms with Gasteiger partial charge in [-0.05, 0) is 46.3 Å². The maximum atomic E-state index is 12.4. The van der Waals surface area contributed by atoms with Gasteiger partial charge in [-0.25, -0.2) is 4.79 Å². The van der Waals surface area contributed by atoms with Crippen LogP contribution in [0.25, 0.3) is 0 Å². The van der Waals surface area contributed by atoms with E-state index >= 15 is 0 Å². The molecular formula is C14H26N2O3S. The Kier molecular flexibility index (Phi) is 6.65. The second-order valence-electron chi connectivity index (χ2n) is 6.01. The van der Waals surface area contributed by atoms with Gasteiger partial charge in [0.1, 0.15) is 11.6 Å². The van der Waals surface area contributed by atoms with Gasteiger partial charge in [-0.1, -0.05) is 0 Å². The largest absolute Gasteiger partial charge is 0.444 e. The van der Waals surface area contributed by atoms with E-state index in [1.165, 1.54) is 0 Å². The van der Waals surface area contributed by atoms with Gasteiger partial charge < -0.3 is 15.0 Å². The van der Waals surface area contributed by atoms with E-state index < -0.39 is 17.7 Å². The van der Waals surface area contributed by atoms with Crippen LogP contribution >= 0.6 is 11.8 Å². The van der Waals surface area contributed by atoms with E-state index in [2.05, 4.69) is 5.32 Å². The lowest BCUT2D eigenvalue weighted by Crippen LogP contribution is -2.49. The molecule has 1 atom stereocenters. The van der Waals surface area contributed by atoms with Crippen molar-refractivity contribution in [3.8, 4) is 0 Å². The van der Waals surface area contributed by atoms with Gasteiger partial charge in [0.05, 0.1) is 0 Å². The van der Waals surface area contributed by atoms with Gasteiger partial charge in [0.15, 0.2) is 0 Å². The molecule has 2 amide bonds. The number of thioether (sulfide) groups is 1. The first-order valence-corrected chi connectivity index (χ1v) is 8.50. The molecule has 0 aromatic rings. The zero-order valence-corrected chi connectivity index (χ0v) is 13.7. The van der Waals surface area contributed by atoms with Crippen LogP contribution in [0, 0.1) is 0 Å². The third-order valence-corrected chi connectivity index (χ3v) is 3.63. The lowest BCUT2D eigenvalue weighted by Gasteiger charge is -2.26. The highest BCUT2D eigenvalue weighted by atomic mass is 32.2. The molecule has 0 radical (unpaired) electrons. The summed E-state index contributed by atoms with van der Waals surface area (Å²) in [6.07, 6.45) is 4.14. The lowest BCUT2D eigenvalue weighted by molar-refractivity contribution is -0.132. The summed E-state index contributed by atoms with van der Waals surface area (Å²) >= 11 is 1.72. The van der Waals surface area contributed by atoms with Crippen molar-refractivity contribution in [3.05, 3.63) is 0 Å². The van der Waals surface area contributed by atoms with E-state index in [0.29, 0.717) is 6.42 Å². The second-order valence-corrected chi connectivity index (χ2v) is 7.00. The molecule has 1 saturated heterocycles. The number of likely N-dealkylation sites (tertiary alicyclic amines) is 1. The summed E-state index contributed by atoms with van der Waals surface area (Å²) in [7, 11) is 0. The fourth-order valence-electron chi connectivity index (χ4n) is 2.11. The molecule has 1 fully saturated rings. The molecule has 116 valence electrons. The van der Waals surface area contributed by atoms with Crippen LogP contribution in [0.1, 0.15) is 40.0 Å². The molecule has 1 rings (SSSR count). The van der Waals surface area contributed by atoms with Crippen molar-refractivity contribution in [1.29, 1.82) is 0 Å². The highest BCUT2D eigenvalue weighted by Crippen LogP contribution is 2.14. The quantitative estimate of drug-likeness (QED) is 0.865. The van der Waals surface area contributed by atoms with Crippen molar-refractivity contribution in [1.82, 2.24) is 10.2 Å². The summed E-state index contributed by atoms with van der Waals surface area (Å²) in [5.74, 6) is 0.938. The highest BCUT2D eigenvalue weighted by molar-refractivity contribution is 7.98. The minimum absolute atomic E-state index is 0.0161. The molecule has 1 aliphatic rings. The Bertz CT molecular complexity index is 342. The molecular weight excluding hydrogens is 276 g/mol. The topological polar surface area (TPSA) is 58.6 Å². The monoisotopic (exact) mass is 302 g/mol. The van der Waals surface area contributed by atoms with Crippen molar-refractivity contribution in [3.63, 3.8) is 0 Å². The Balaban J connectivity index is 2.58. The Morgan fingerprint density at radius 1 is 1.45 bits per heavy atom. The lowest BCUT2D eigenvalue weighted by atomic mass is 10.1. The maximum Gasteiger partial charge on any atom is 0.408 e. The molecule has 0 aliphatic carbocycles. The number of amides is 2. The Hall–Kier alpha value is -0.910. The standard InChI is InChI=1S/C14H26N2O3S/c1-14(2,3)19-13(18)15-11-7-5-6-8-16(12(11)17)9-10-20-4/h11H,5-10H2,1-4H3,(H,15,18). The number of hydrogen-bond acceptors (Lipinski definition) is 4. The van der Waals surface area contributed by atoms with Crippen LogP contribution in [0.5, 0.6) is 0 Å². The molecule has 0 aromatic carbocycles. The number of rotatable bonds is 4. The Morgan fingerprint density at radius 2 is 2.15 bits per heavy atom. The molecule has 0 bridgehead atoms. The summed E-state index contributed by atoms with van der Waals surface area (Å²) < 4.78 is 5.22. The SMILES string of the molecule is CSCCN1CCCCC(NC(=O)OC(C)(C)C)C1=O. The van der Waals surface area contributed by atoms with Crippen LogP contribution in [-0.2, 0) is 9.53 Å². The van der Waals surface area contributed by atoms with Crippen LogP contribution in [0.2, 0.25) is 0 Å². The number of ether oxygens (including phenoxy) is 1. The predicted octanol–water partition coefficient (Wildman–Crippen LogP) is 2.26. The van der Waals surface area contributed by atoms with Crippen molar-refractivity contribution in [2.45, 2.75) is 51.7 Å². The van der Waals surface area contributed by atoms with Crippen LogP contribution in [-0.4, -0.2) is 53.6 Å². The second kappa shape index (κ2) is 7.76. The first kappa shape index (κ1) is 17.1. The fraction of sp³-hybridized carbons (Fsp3) is 0.857. The normalized spacial score (nSPS) is 20.5. The molecule has 20 heavy (non-hydrogen) atoms. The van der Waals surface area contributed by atoms with Gasteiger partial charge in [0, 0.05) is 18.8 Å². The third kappa shape index (κ3) is 6.03. The zero-order chi connectivity index (χ0) is 15.2. The first-order chi connectivity index (χ1) is 9.33. The Labute approximate surface area is 125 Å². The summed E-state index contributed by atoms with van der Waals surface area (Å²) in [6.45, 7) is 6.96. The van der Waals surface area contributed by atoms with Gasteiger partial charge in [0.2, 0.25) is 5.91 Å². The van der Waals surface area contributed by atoms with Gasteiger partial charge >= 0.3 is 6.09 Å². The van der Waals surface area contributed by atoms with E-state index in [-0.39, 0.29) is 5.91 Å². The molecule has 0 aromatic heterocycles. The maximum absolute atomic E-state index is 12.4. The highest BCUT2D eigenvalue weighted by Gasteiger charge is 2.29. The van der Waals surface area contributed by atoms with Crippen molar-refractivity contribution >= 4 is 23.8 Å². The predicted molar refractivity (Wildman–Crippen MR) is 82.0 cm³/mol. The minimum Gasteiger partial charge on any atom is -0.444 e. The molecule has 1 unspecified atom stereocenters. The van der Waals surface area contributed by atoms with Crippen molar-refractivity contribution in [2.75, 3.05) is 25.1 Å². The summed E-state index contributed by atoms with van der Waals surface area (Å²) in [4.78, 5) is 26.0. The molecule has 1 N–H and O–H groups in total. The number of hydrogen-bond donors (Lipinski definition) is 1. The molecule has 5 nitrogen and oxygen atoms in total. The van der Waals surface area contributed by atoms with E-state index in [1.54, 1.807) is 11.8 Å². The smallest absolute Gasteiger partial charge is 0.408 e. The van der Waals surface area contributed by atoms with Gasteiger partial charge in [-0.2, -0.15) is 11.8 Å². The molecule has 1 aliphatic heterocycles.